The van der Waals surface area contributed by atoms with Crippen molar-refractivity contribution in [3.05, 3.63) is 64.7 Å². The van der Waals surface area contributed by atoms with Crippen LogP contribution < -0.4 is 0 Å². The molecule has 5 nitrogen and oxygen atoms in total. The number of nitrogens with zero attached hydrogens (tertiary/aromatic N) is 2. The Kier molecular flexibility index (Phi) is 5.78. The highest BCUT2D eigenvalue weighted by Crippen LogP contribution is 2.21. The molecule has 0 atom stereocenters. The highest BCUT2D eigenvalue weighted by Gasteiger charge is 2.30. The molecule has 1 saturated heterocycles. The molecule has 0 bridgehead atoms. The van der Waals surface area contributed by atoms with Gasteiger partial charge in [0.05, 0.1) is 11.3 Å². The van der Waals surface area contributed by atoms with Gasteiger partial charge in [-0.05, 0) is 23.8 Å². The van der Waals surface area contributed by atoms with E-state index in [9.17, 15) is 22.0 Å². The van der Waals surface area contributed by atoms with Crippen LogP contribution in [0.5, 0.6) is 0 Å². The molecule has 1 amide bonds. The van der Waals surface area contributed by atoms with E-state index in [1.165, 1.54) is 0 Å². The number of sulfonamides is 1. The number of amides is 1. The van der Waals surface area contributed by atoms with Gasteiger partial charge in [-0.25, -0.2) is 17.2 Å². The zero-order valence-electron chi connectivity index (χ0n) is 14.2. The van der Waals surface area contributed by atoms with Gasteiger partial charge in [0, 0.05) is 37.3 Å². The summed E-state index contributed by atoms with van der Waals surface area (Å²) in [6.45, 7) is 0.490. The Morgan fingerprint density at radius 3 is 2.19 bits per heavy atom. The summed E-state index contributed by atoms with van der Waals surface area (Å²) in [5.41, 5.74) is 0.703. The molecule has 0 N–H and O–H groups in total. The lowest BCUT2D eigenvalue weighted by Gasteiger charge is -2.34. The fourth-order valence-corrected chi connectivity index (χ4v) is 4.59. The maximum atomic E-state index is 13.3. The summed E-state index contributed by atoms with van der Waals surface area (Å²) in [5.74, 6) is -2.07. The van der Waals surface area contributed by atoms with Crippen molar-refractivity contribution < 1.29 is 22.0 Å². The van der Waals surface area contributed by atoms with Crippen molar-refractivity contribution >= 4 is 27.5 Å². The Morgan fingerprint density at radius 1 is 1.00 bits per heavy atom. The van der Waals surface area contributed by atoms with Gasteiger partial charge >= 0.3 is 0 Å². The molecule has 0 aromatic heterocycles. The minimum atomic E-state index is -4.03. The van der Waals surface area contributed by atoms with Gasteiger partial charge in [-0.1, -0.05) is 29.8 Å². The number of hydrogen-bond donors (Lipinski definition) is 0. The van der Waals surface area contributed by atoms with Gasteiger partial charge in [0.2, 0.25) is 15.9 Å². The minimum absolute atomic E-state index is 0.0503. The zero-order chi connectivity index (χ0) is 19.6. The Hall–Kier alpha value is -2.03. The molecule has 1 aliphatic heterocycles. The molecule has 9 heteroatoms. The largest absolute Gasteiger partial charge is 0.340 e. The van der Waals surface area contributed by atoms with Crippen LogP contribution in [0.25, 0.3) is 0 Å². The molecule has 0 saturated carbocycles. The van der Waals surface area contributed by atoms with Gasteiger partial charge in [0.25, 0.3) is 0 Å². The van der Waals surface area contributed by atoms with E-state index in [0.717, 1.165) is 16.4 Å². The predicted molar refractivity (Wildman–Crippen MR) is 96.9 cm³/mol. The molecule has 0 spiro atoms. The first kappa shape index (κ1) is 19.7. The first-order valence-corrected chi connectivity index (χ1v) is 10.1. The number of hydrogen-bond acceptors (Lipinski definition) is 3. The summed E-state index contributed by atoms with van der Waals surface area (Å²) in [7, 11) is -4.03. The SMILES string of the molecule is O=C(Cc1ccccc1Cl)N1CCN(S(=O)(=O)c2cc(F)cc(F)c2)CC1. The number of piperazine rings is 1. The van der Waals surface area contributed by atoms with Gasteiger partial charge in [0.15, 0.2) is 0 Å². The lowest BCUT2D eigenvalue weighted by molar-refractivity contribution is -0.131. The Balaban J connectivity index is 1.66. The second-order valence-electron chi connectivity index (χ2n) is 6.16. The van der Waals surface area contributed by atoms with Crippen LogP contribution in [0.1, 0.15) is 5.56 Å². The summed E-state index contributed by atoms with van der Waals surface area (Å²) in [6, 6.07) is 9.21. The van der Waals surface area contributed by atoms with Gasteiger partial charge in [-0.3, -0.25) is 4.79 Å². The molecule has 144 valence electrons. The summed E-state index contributed by atoms with van der Waals surface area (Å²) in [5, 5.41) is 0.500. The van der Waals surface area contributed by atoms with Crippen molar-refractivity contribution in [1.82, 2.24) is 9.21 Å². The van der Waals surface area contributed by atoms with Crippen molar-refractivity contribution in [3.8, 4) is 0 Å². The van der Waals surface area contributed by atoms with E-state index < -0.39 is 26.6 Å². The van der Waals surface area contributed by atoms with E-state index in [4.69, 9.17) is 11.6 Å². The third-order valence-electron chi connectivity index (χ3n) is 4.36. The van der Waals surface area contributed by atoms with Crippen LogP contribution in [0.15, 0.2) is 47.4 Å². The van der Waals surface area contributed by atoms with Crippen LogP contribution in [-0.4, -0.2) is 49.7 Å². The maximum absolute atomic E-state index is 13.3. The highest BCUT2D eigenvalue weighted by molar-refractivity contribution is 7.89. The summed E-state index contributed by atoms with van der Waals surface area (Å²) < 4.78 is 53.0. The van der Waals surface area contributed by atoms with E-state index in [1.54, 1.807) is 29.2 Å². The number of rotatable bonds is 4. The van der Waals surface area contributed by atoms with E-state index in [2.05, 4.69) is 0 Å². The van der Waals surface area contributed by atoms with Crippen LogP contribution in [0.2, 0.25) is 5.02 Å². The summed E-state index contributed by atoms with van der Waals surface area (Å²) in [6.07, 6.45) is 0.127. The molecule has 1 fully saturated rings. The minimum Gasteiger partial charge on any atom is -0.340 e. The number of carbonyl (C=O) groups excluding carboxylic acids is 1. The molecular weight excluding hydrogens is 398 g/mol. The third kappa shape index (κ3) is 4.45. The van der Waals surface area contributed by atoms with Gasteiger partial charge in [0.1, 0.15) is 11.6 Å². The zero-order valence-corrected chi connectivity index (χ0v) is 15.8. The molecule has 1 aliphatic rings. The van der Waals surface area contributed by atoms with Crippen LogP contribution in [-0.2, 0) is 21.2 Å². The van der Waals surface area contributed by atoms with Crippen molar-refractivity contribution in [2.45, 2.75) is 11.3 Å². The Morgan fingerprint density at radius 2 is 1.59 bits per heavy atom. The smallest absolute Gasteiger partial charge is 0.243 e. The van der Waals surface area contributed by atoms with E-state index in [0.29, 0.717) is 16.7 Å². The maximum Gasteiger partial charge on any atom is 0.243 e. The van der Waals surface area contributed by atoms with Crippen LogP contribution in [0.3, 0.4) is 0 Å². The monoisotopic (exact) mass is 414 g/mol. The molecule has 0 unspecified atom stereocenters. The third-order valence-corrected chi connectivity index (χ3v) is 6.61. The van der Waals surface area contributed by atoms with Crippen molar-refractivity contribution in [1.29, 1.82) is 0 Å². The average molecular weight is 415 g/mol. The second kappa shape index (κ2) is 7.92. The number of halogens is 3. The number of carbonyl (C=O) groups is 1. The van der Waals surface area contributed by atoms with Gasteiger partial charge in [-0.2, -0.15) is 4.31 Å². The standard InChI is InChI=1S/C18H17ClF2N2O3S/c19-17-4-2-1-3-13(17)9-18(24)22-5-7-23(8-6-22)27(25,26)16-11-14(20)10-15(21)12-16/h1-4,10-12H,5-9H2. The molecular formula is C18H17ClF2N2O3S. The second-order valence-corrected chi connectivity index (χ2v) is 8.50. The first-order chi connectivity index (χ1) is 12.8. The van der Waals surface area contributed by atoms with Crippen molar-refractivity contribution in [2.75, 3.05) is 26.2 Å². The molecule has 2 aromatic rings. The van der Waals surface area contributed by atoms with E-state index >= 15 is 0 Å². The molecule has 1 heterocycles. The molecule has 27 heavy (non-hydrogen) atoms. The Bertz CT molecular complexity index is 941. The quantitative estimate of drug-likeness (QED) is 0.773. The summed E-state index contributed by atoms with van der Waals surface area (Å²) >= 11 is 6.06. The topological polar surface area (TPSA) is 57.7 Å². The van der Waals surface area contributed by atoms with Crippen LogP contribution >= 0.6 is 11.6 Å². The van der Waals surface area contributed by atoms with Crippen LogP contribution in [0, 0.1) is 11.6 Å². The Labute approximate surface area is 161 Å². The lowest BCUT2D eigenvalue weighted by atomic mass is 10.1. The van der Waals surface area contributed by atoms with E-state index in [1.807, 2.05) is 0 Å². The van der Waals surface area contributed by atoms with Gasteiger partial charge in [-0.15, -0.1) is 0 Å². The fraction of sp³-hybridized carbons (Fsp3) is 0.278. The predicted octanol–water partition coefficient (Wildman–Crippen LogP) is 2.69. The van der Waals surface area contributed by atoms with Crippen LogP contribution in [0.4, 0.5) is 8.78 Å². The first-order valence-electron chi connectivity index (χ1n) is 8.25. The number of benzene rings is 2. The lowest BCUT2D eigenvalue weighted by Crippen LogP contribution is -2.50. The van der Waals surface area contributed by atoms with E-state index in [-0.39, 0.29) is 38.5 Å². The molecule has 3 rings (SSSR count). The normalized spacial score (nSPS) is 15.7. The van der Waals surface area contributed by atoms with Crippen molar-refractivity contribution in [2.24, 2.45) is 0 Å². The van der Waals surface area contributed by atoms with Crippen molar-refractivity contribution in [3.63, 3.8) is 0 Å². The molecule has 0 aliphatic carbocycles. The average Bonchev–Trinajstić information content (AvgIpc) is 2.63. The van der Waals surface area contributed by atoms with Gasteiger partial charge < -0.3 is 4.90 Å². The fourth-order valence-electron chi connectivity index (χ4n) is 2.92. The molecule has 0 radical (unpaired) electrons. The molecule has 2 aromatic carbocycles. The highest BCUT2D eigenvalue weighted by atomic mass is 35.5. The summed E-state index contributed by atoms with van der Waals surface area (Å²) in [4.78, 5) is 13.6.